The summed E-state index contributed by atoms with van der Waals surface area (Å²) in [6, 6.07) is -0.535. The Morgan fingerprint density at radius 3 is 2.72 bits per heavy atom. The summed E-state index contributed by atoms with van der Waals surface area (Å²) in [7, 11) is 0. The zero-order chi connectivity index (χ0) is 13.2. The minimum atomic E-state index is -2.69. The summed E-state index contributed by atoms with van der Waals surface area (Å²) in [5, 5.41) is 20.2. The van der Waals surface area contributed by atoms with Crippen LogP contribution in [-0.2, 0) is 0 Å². The second-order valence-electron chi connectivity index (χ2n) is 4.21. The van der Waals surface area contributed by atoms with Crippen molar-refractivity contribution in [1.29, 1.82) is 0 Å². The number of amides is 2. The lowest BCUT2D eigenvalue weighted by molar-refractivity contribution is 0.150. The van der Waals surface area contributed by atoms with Crippen molar-refractivity contribution in [2.75, 3.05) is 18.5 Å². The molecule has 2 amide bonds. The van der Waals surface area contributed by atoms with Crippen LogP contribution >= 0.6 is 11.3 Å². The van der Waals surface area contributed by atoms with E-state index in [1.165, 1.54) is 0 Å². The van der Waals surface area contributed by atoms with Crippen LogP contribution in [-0.4, -0.2) is 34.5 Å². The van der Waals surface area contributed by atoms with Gasteiger partial charge in [0.2, 0.25) is 5.13 Å². The van der Waals surface area contributed by atoms with Crippen LogP contribution in [0, 0.1) is 5.41 Å². The molecule has 9 heteroatoms. The summed E-state index contributed by atoms with van der Waals surface area (Å²) >= 11 is 0.630. The fourth-order valence-corrected chi connectivity index (χ4v) is 1.94. The number of nitrogens with one attached hydrogen (secondary N) is 2. The third-order valence-corrected chi connectivity index (χ3v) is 3.61. The molecule has 1 saturated carbocycles. The highest BCUT2D eigenvalue weighted by Crippen LogP contribution is 2.44. The number of aliphatic hydroxyl groups is 1. The van der Waals surface area contributed by atoms with Gasteiger partial charge in [-0.05, 0) is 12.8 Å². The van der Waals surface area contributed by atoms with E-state index in [1.54, 1.807) is 0 Å². The summed E-state index contributed by atoms with van der Waals surface area (Å²) in [6.07, 6.45) is -0.943. The first-order valence-electron chi connectivity index (χ1n) is 5.32. The number of aromatic nitrogens is 2. The fourth-order valence-electron chi connectivity index (χ4n) is 1.35. The number of hydrogen-bond acceptors (Lipinski definition) is 5. The second kappa shape index (κ2) is 5.11. The smallest absolute Gasteiger partial charge is 0.321 e. The fraction of sp³-hybridized carbons (Fsp3) is 0.667. The molecule has 1 heterocycles. The molecule has 0 spiro atoms. The molecule has 1 aromatic heterocycles. The van der Waals surface area contributed by atoms with E-state index in [1.807, 2.05) is 0 Å². The van der Waals surface area contributed by atoms with E-state index in [2.05, 4.69) is 20.8 Å². The molecule has 0 saturated heterocycles. The Kier molecular flexibility index (Phi) is 3.71. The van der Waals surface area contributed by atoms with E-state index < -0.39 is 17.5 Å². The van der Waals surface area contributed by atoms with Crippen LogP contribution in [0.25, 0.3) is 0 Å². The van der Waals surface area contributed by atoms with Crippen LogP contribution in [0.1, 0.15) is 24.3 Å². The number of hydrogen-bond donors (Lipinski definition) is 3. The van der Waals surface area contributed by atoms with E-state index in [0.29, 0.717) is 17.9 Å². The quantitative estimate of drug-likeness (QED) is 0.759. The van der Waals surface area contributed by atoms with Gasteiger partial charge < -0.3 is 10.4 Å². The highest BCUT2D eigenvalue weighted by molar-refractivity contribution is 7.15. The number of aliphatic hydroxyl groups excluding tert-OH is 1. The van der Waals surface area contributed by atoms with Crippen LogP contribution in [0.2, 0.25) is 0 Å². The lowest BCUT2D eigenvalue weighted by Crippen LogP contribution is -2.35. The van der Waals surface area contributed by atoms with Crippen molar-refractivity contribution in [2.24, 2.45) is 5.41 Å². The Hall–Kier alpha value is -1.35. The predicted octanol–water partition coefficient (Wildman–Crippen LogP) is 1.37. The topological polar surface area (TPSA) is 87.1 Å². The Morgan fingerprint density at radius 2 is 2.22 bits per heavy atom. The Labute approximate surface area is 105 Å². The van der Waals surface area contributed by atoms with Gasteiger partial charge >= 0.3 is 6.03 Å². The molecule has 1 fully saturated rings. The van der Waals surface area contributed by atoms with Gasteiger partial charge in [0.05, 0.1) is 6.61 Å². The molecule has 0 radical (unpaired) electrons. The van der Waals surface area contributed by atoms with E-state index in [4.69, 9.17) is 5.11 Å². The maximum Gasteiger partial charge on any atom is 0.321 e. The molecule has 6 nitrogen and oxygen atoms in total. The van der Waals surface area contributed by atoms with Crippen molar-refractivity contribution in [2.45, 2.75) is 19.3 Å². The van der Waals surface area contributed by atoms with Gasteiger partial charge in [0.25, 0.3) is 6.43 Å². The monoisotopic (exact) mass is 278 g/mol. The molecule has 0 unspecified atom stereocenters. The van der Waals surface area contributed by atoms with Crippen LogP contribution in [0.4, 0.5) is 18.7 Å². The first-order valence-corrected chi connectivity index (χ1v) is 6.14. The molecule has 3 N–H and O–H groups in total. The highest BCUT2D eigenvalue weighted by atomic mass is 32.1. The Balaban J connectivity index is 1.79. The number of carbonyl (C=O) groups is 1. The molecule has 18 heavy (non-hydrogen) atoms. The number of halogens is 2. The Morgan fingerprint density at radius 1 is 1.50 bits per heavy atom. The number of urea groups is 1. The van der Waals surface area contributed by atoms with Gasteiger partial charge in [-0.15, -0.1) is 10.2 Å². The zero-order valence-electron chi connectivity index (χ0n) is 9.32. The minimum Gasteiger partial charge on any atom is -0.396 e. The van der Waals surface area contributed by atoms with Gasteiger partial charge in [0, 0.05) is 12.0 Å². The zero-order valence-corrected chi connectivity index (χ0v) is 10.1. The maximum atomic E-state index is 12.2. The van der Waals surface area contributed by atoms with Crippen molar-refractivity contribution in [3.63, 3.8) is 0 Å². The number of rotatable bonds is 5. The summed E-state index contributed by atoms with van der Waals surface area (Å²) in [5.41, 5.74) is -0.202. The van der Waals surface area contributed by atoms with Crippen molar-refractivity contribution in [3.8, 4) is 0 Å². The van der Waals surface area contributed by atoms with Gasteiger partial charge in [0.15, 0.2) is 5.01 Å². The summed E-state index contributed by atoms with van der Waals surface area (Å²) in [6.45, 7) is 0.386. The number of alkyl halides is 2. The summed E-state index contributed by atoms with van der Waals surface area (Å²) < 4.78 is 24.5. The van der Waals surface area contributed by atoms with Crippen LogP contribution < -0.4 is 10.6 Å². The number of carbonyl (C=O) groups excluding carboxylic acids is 1. The third-order valence-electron chi connectivity index (χ3n) is 2.76. The standard InChI is InChI=1S/C9H12F2N4O2S/c10-5(11)6-14-15-8(18-6)13-7(17)12-3-9(4-16)1-2-9/h5,16H,1-4H2,(H2,12,13,15,17). The Bertz CT molecular complexity index is 436. The van der Waals surface area contributed by atoms with Crippen molar-refractivity contribution < 1.29 is 18.7 Å². The maximum absolute atomic E-state index is 12.2. The molecule has 0 aliphatic heterocycles. The number of anilines is 1. The summed E-state index contributed by atoms with van der Waals surface area (Å²) in [5.74, 6) is 0. The van der Waals surface area contributed by atoms with Gasteiger partial charge in [-0.1, -0.05) is 11.3 Å². The van der Waals surface area contributed by atoms with Crippen molar-refractivity contribution in [1.82, 2.24) is 15.5 Å². The first-order chi connectivity index (χ1) is 8.54. The molecular weight excluding hydrogens is 266 g/mol. The molecule has 2 rings (SSSR count). The normalized spacial score (nSPS) is 16.7. The molecule has 1 aromatic rings. The van der Waals surface area contributed by atoms with Gasteiger partial charge in [-0.2, -0.15) is 0 Å². The van der Waals surface area contributed by atoms with Gasteiger partial charge in [0.1, 0.15) is 0 Å². The average molecular weight is 278 g/mol. The SMILES string of the molecule is O=C(NCC1(CO)CC1)Nc1nnc(C(F)F)s1. The molecular formula is C9H12F2N4O2S. The van der Waals surface area contributed by atoms with E-state index >= 15 is 0 Å². The van der Waals surface area contributed by atoms with Crippen LogP contribution in [0.15, 0.2) is 0 Å². The molecule has 0 atom stereocenters. The van der Waals surface area contributed by atoms with Gasteiger partial charge in [-0.25, -0.2) is 13.6 Å². The first kappa shape index (κ1) is 13.1. The van der Waals surface area contributed by atoms with E-state index in [9.17, 15) is 13.6 Å². The molecule has 1 aliphatic carbocycles. The predicted molar refractivity (Wildman–Crippen MR) is 60.6 cm³/mol. The summed E-state index contributed by atoms with van der Waals surface area (Å²) in [4.78, 5) is 11.4. The molecule has 0 aromatic carbocycles. The van der Waals surface area contributed by atoms with Crippen LogP contribution in [0.3, 0.4) is 0 Å². The molecule has 0 bridgehead atoms. The minimum absolute atomic E-state index is 0.0247. The lowest BCUT2D eigenvalue weighted by atomic mass is 10.1. The average Bonchev–Trinajstić information content (AvgIpc) is 2.98. The molecule has 1 aliphatic rings. The second-order valence-corrected chi connectivity index (χ2v) is 5.22. The highest BCUT2D eigenvalue weighted by Gasteiger charge is 2.42. The lowest BCUT2D eigenvalue weighted by Gasteiger charge is -2.12. The van der Waals surface area contributed by atoms with E-state index in [-0.39, 0.29) is 17.2 Å². The van der Waals surface area contributed by atoms with Gasteiger partial charge in [-0.3, -0.25) is 5.32 Å². The van der Waals surface area contributed by atoms with E-state index in [0.717, 1.165) is 12.8 Å². The number of nitrogens with zero attached hydrogens (tertiary/aromatic N) is 2. The van der Waals surface area contributed by atoms with Crippen molar-refractivity contribution in [3.05, 3.63) is 5.01 Å². The van der Waals surface area contributed by atoms with Crippen molar-refractivity contribution >= 4 is 22.5 Å². The third kappa shape index (κ3) is 3.10. The van der Waals surface area contributed by atoms with Crippen LogP contribution in [0.5, 0.6) is 0 Å². The largest absolute Gasteiger partial charge is 0.396 e. The molecule has 100 valence electrons.